The van der Waals surface area contributed by atoms with Crippen molar-refractivity contribution in [1.82, 2.24) is 4.90 Å². The van der Waals surface area contributed by atoms with E-state index < -0.39 is 5.97 Å². The van der Waals surface area contributed by atoms with Gasteiger partial charge in [-0.1, -0.05) is 6.42 Å². The minimum Gasteiger partial charge on any atom is -0.481 e. The second-order valence-electron chi connectivity index (χ2n) is 5.49. The molecule has 1 heterocycles. The maximum atomic E-state index is 11.0. The number of carboxylic acids is 1. The first-order valence-electron chi connectivity index (χ1n) is 6.22. The quantitative estimate of drug-likeness (QED) is 0.750. The standard InChI is InChI=1S/C12H19NO2/c14-12(15)10-4-5-11(10)13-6-8-2-1-3-9(8)7-13/h8-11H,1-7H2,(H,14,15). The molecule has 2 saturated carbocycles. The van der Waals surface area contributed by atoms with Gasteiger partial charge in [0.15, 0.2) is 0 Å². The number of rotatable bonds is 2. The van der Waals surface area contributed by atoms with Crippen molar-refractivity contribution >= 4 is 5.97 Å². The maximum Gasteiger partial charge on any atom is 0.308 e. The van der Waals surface area contributed by atoms with Crippen molar-refractivity contribution in [2.24, 2.45) is 17.8 Å². The number of nitrogens with zero attached hydrogens (tertiary/aromatic N) is 1. The van der Waals surface area contributed by atoms with E-state index in [1.165, 1.54) is 32.4 Å². The van der Waals surface area contributed by atoms with Gasteiger partial charge in [0.05, 0.1) is 5.92 Å². The number of likely N-dealkylation sites (tertiary alicyclic amines) is 1. The van der Waals surface area contributed by atoms with Gasteiger partial charge in [-0.2, -0.15) is 0 Å². The molecule has 1 N–H and O–H groups in total. The topological polar surface area (TPSA) is 40.5 Å². The molecule has 0 aromatic rings. The summed E-state index contributed by atoms with van der Waals surface area (Å²) in [6, 6.07) is 0.369. The Balaban J connectivity index is 1.63. The maximum absolute atomic E-state index is 11.0. The van der Waals surface area contributed by atoms with E-state index >= 15 is 0 Å². The van der Waals surface area contributed by atoms with E-state index in [0.717, 1.165) is 24.7 Å². The molecule has 0 aromatic heterocycles. The average Bonchev–Trinajstić information content (AvgIpc) is 2.59. The van der Waals surface area contributed by atoms with E-state index in [1.807, 2.05) is 0 Å². The molecule has 0 radical (unpaired) electrons. The van der Waals surface area contributed by atoms with Crippen LogP contribution >= 0.6 is 0 Å². The zero-order chi connectivity index (χ0) is 10.4. The van der Waals surface area contributed by atoms with Crippen molar-refractivity contribution in [2.45, 2.75) is 38.1 Å². The van der Waals surface area contributed by atoms with Crippen LogP contribution in [0.5, 0.6) is 0 Å². The Morgan fingerprint density at radius 3 is 2.20 bits per heavy atom. The molecule has 0 bridgehead atoms. The average molecular weight is 209 g/mol. The highest BCUT2D eigenvalue weighted by Gasteiger charge is 2.46. The molecule has 3 aliphatic rings. The van der Waals surface area contributed by atoms with Crippen LogP contribution < -0.4 is 0 Å². The molecule has 2 aliphatic carbocycles. The fourth-order valence-electron chi connectivity index (χ4n) is 3.75. The highest BCUT2D eigenvalue weighted by molar-refractivity contribution is 5.72. The minimum absolute atomic E-state index is 0.0659. The summed E-state index contributed by atoms with van der Waals surface area (Å²) in [6.45, 7) is 2.36. The minimum atomic E-state index is -0.580. The van der Waals surface area contributed by atoms with Crippen LogP contribution in [0.15, 0.2) is 0 Å². The molecule has 84 valence electrons. The lowest BCUT2D eigenvalue weighted by atomic mass is 9.78. The van der Waals surface area contributed by atoms with Crippen LogP contribution in [-0.4, -0.2) is 35.1 Å². The second-order valence-corrected chi connectivity index (χ2v) is 5.49. The highest BCUT2D eigenvalue weighted by Crippen LogP contribution is 2.42. The van der Waals surface area contributed by atoms with Crippen molar-refractivity contribution < 1.29 is 9.90 Å². The molecule has 3 fully saturated rings. The van der Waals surface area contributed by atoms with Gasteiger partial charge in [0.2, 0.25) is 0 Å². The molecule has 0 aromatic carbocycles. The fraction of sp³-hybridized carbons (Fsp3) is 0.917. The van der Waals surface area contributed by atoms with Gasteiger partial charge in [-0.05, 0) is 37.5 Å². The van der Waals surface area contributed by atoms with E-state index in [1.54, 1.807) is 0 Å². The van der Waals surface area contributed by atoms with E-state index in [-0.39, 0.29) is 5.92 Å². The summed E-state index contributed by atoms with van der Waals surface area (Å²) in [4.78, 5) is 13.4. The van der Waals surface area contributed by atoms with Gasteiger partial charge in [-0.15, -0.1) is 0 Å². The zero-order valence-electron chi connectivity index (χ0n) is 9.06. The predicted molar refractivity (Wildman–Crippen MR) is 56.6 cm³/mol. The Hall–Kier alpha value is -0.570. The lowest BCUT2D eigenvalue weighted by molar-refractivity contribution is -0.148. The molecule has 0 amide bonds. The summed E-state index contributed by atoms with van der Waals surface area (Å²) in [5.74, 6) is 1.13. The third kappa shape index (κ3) is 1.48. The summed E-state index contributed by atoms with van der Waals surface area (Å²) < 4.78 is 0. The molecule has 0 spiro atoms. The van der Waals surface area contributed by atoms with Crippen LogP contribution in [0.1, 0.15) is 32.1 Å². The molecule has 3 heteroatoms. The first-order chi connectivity index (χ1) is 7.25. The monoisotopic (exact) mass is 209 g/mol. The molecule has 3 rings (SSSR count). The van der Waals surface area contributed by atoms with E-state index in [0.29, 0.717) is 6.04 Å². The van der Waals surface area contributed by atoms with Crippen LogP contribution in [0, 0.1) is 17.8 Å². The molecule has 4 atom stereocenters. The lowest BCUT2D eigenvalue weighted by Crippen LogP contribution is -2.49. The second kappa shape index (κ2) is 3.48. The van der Waals surface area contributed by atoms with Crippen LogP contribution in [-0.2, 0) is 4.79 Å². The van der Waals surface area contributed by atoms with E-state index in [2.05, 4.69) is 4.90 Å². The normalized spacial score (nSPS) is 45.1. The molecule has 15 heavy (non-hydrogen) atoms. The van der Waals surface area contributed by atoms with Gasteiger partial charge in [-0.25, -0.2) is 0 Å². The lowest BCUT2D eigenvalue weighted by Gasteiger charge is -2.40. The molecular weight excluding hydrogens is 190 g/mol. The summed E-state index contributed by atoms with van der Waals surface area (Å²) in [5.41, 5.74) is 0. The van der Waals surface area contributed by atoms with Gasteiger partial charge in [-0.3, -0.25) is 9.69 Å². The van der Waals surface area contributed by atoms with Crippen molar-refractivity contribution in [3.05, 3.63) is 0 Å². The van der Waals surface area contributed by atoms with Gasteiger partial charge in [0.1, 0.15) is 0 Å². The van der Waals surface area contributed by atoms with Crippen LogP contribution in [0.3, 0.4) is 0 Å². The number of hydrogen-bond donors (Lipinski definition) is 1. The SMILES string of the molecule is O=C(O)C1CCC1N1CC2CCCC2C1. The van der Waals surface area contributed by atoms with E-state index in [4.69, 9.17) is 5.11 Å². The van der Waals surface area contributed by atoms with Crippen LogP contribution in [0.2, 0.25) is 0 Å². The Morgan fingerprint density at radius 2 is 1.73 bits per heavy atom. The molecule has 1 aliphatic heterocycles. The van der Waals surface area contributed by atoms with Gasteiger partial charge in [0.25, 0.3) is 0 Å². The number of aliphatic carboxylic acids is 1. The number of fused-ring (bicyclic) bond motifs is 1. The smallest absolute Gasteiger partial charge is 0.308 e. The largest absolute Gasteiger partial charge is 0.481 e. The Morgan fingerprint density at radius 1 is 1.07 bits per heavy atom. The van der Waals surface area contributed by atoms with Crippen molar-refractivity contribution in [1.29, 1.82) is 0 Å². The third-order valence-electron chi connectivity index (χ3n) is 4.78. The van der Waals surface area contributed by atoms with Gasteiger partial charge in [0, 0.05) is 19.1 Å². The third-order valence-corrected chi connectivity index (χ3v) is 4.78. The summed E-state index contributed by atoms with van der Waals surface area (Å²) >= 11 is 0. The number of carbonyl (C=O) groups is 1. The van der Waals surface area contributed by atoms with E-state index in [9.17, 15) is 4.79 Å². The molecule has 3 nitrogen and oxygen atoms in total. The Labute approximate surface area is 90.5 Å². The zero-order valence-corrected chi connectivity index (χ0v) is 9.06. The van der Waals surface area contributed by atoms with Crippen LogP contribution in [0.4, 0.5) is 0 Å². The number of carboxylic acid groups (broad SMARTS) is 1. The van der Waals surface area contributed by atoms with Gasteiger partial charge >= 0.3 is 5.97 Å². The van der Waals surface area contributed by atoms with Gasteiger partial charge < -0.3 is 5.11 Å². The summed E-state index contributed by atoms with van der Waals surface area (Å²) in [6.07, 6.45) is 6.16. The first kappa shape index (κ1) is 9.64. The molecular formula is C12H19NO2. The van der Waals surface area contributed by atoms with Crippen molar-refractivity contribution in [2.75, 3.05) is 13.1 Å². The Kier molecular flexibility index (Phi) is 2.23. The summed E-state index contributed by atoms with van der Waals surface area (Å²) in [5, 5.41) is 9.04. The van der Waals surface area contributed by atoms with Crippen molar-refractivity contribution in [3.63, 3.8) is 0 Å². The molecule has 1 saturated heterocycles. The molecule has 4 unspecified atom stereocenters. The van der Waals surface area contributed by atoms with Crippen molar-refractivity contribution in [3.8, 4) is 0 Å². The predicted octanol–water partition coefficient (Wildman–Crippen LogP) is 1.58. The van der Waals surface area contributed by atoms with Crippen LogP contribution in [0.25, 0.3) is 0 Å². The Bertz CT molecular complexity index is 267. The summed E-state index contributed by atoms with van der Waals surface area (Å²) in [7, 11) is 0. The first-order valence-corrected chi connectivity index (χ1v) is 6.22. The number of hydrogen-bond acceptors (Lipinski definition) is 2. The fourth-order valence-corrected chi connectivity index (χ4v) is 3.75. The highest BCUT2D eigenvalue weighted by atomic mass is 16.4.